The number of para-hydroxylation sites is 1. The first-order valence-corrected chi connectivity index (χ1v) is 10.2. The van der Waals surface area contributed by atoms with Gasteiger partial charge in [-0.15, -0.1) is 0 Å². The quantitative estimate of drug-likeness (QED) is 0.405. The molecular weight excluding hydrogens is 366 g/mol. The number of nitrogens with zero attached hydrogens (tertiary/aromatic N) is 1. The Morgan fingerprint density at radius 1 is 1.14 bits per heavy atom. The van der Waals surface area contributed by atoms with Gasteiger partial charge in [0, 0.05) is 23.5 Å². The molecule has 1 heterocycles. The minimum Gasteiger partial charge on any atom is -0.507 e. The number of benzene rings is 1. The van der Waals surface area contributed by atoms with Crippen molar-refractivity contribution in [3.05, 3.63) is 64.0 Å². The third-order valence-electron chi connectivity index (χ3n) is 5.71. The Morgan fingerprint density at radius 2 is 1.93 bits per heavy atom. The topological polar surface area (TPSA) is 68.5 Å². The summed E-state index contributed by atoms with van der Waals surface area (Å²) in [5.74, 6) is -1.04. The molecule has 0 aliphatic heterocycles. The van der Waals surface area contributed by atoms with Crippen LogP contribution in [0.5, 0.6) is 5.75 Å². The second kappa shape index (κ2) is 9.12. The molecule has 2 aromatic rings. The van der Waals surface area contributed by atoms with Crippen molar-refractivity contribution in [1.29, 1.82) is 0 Å². The molecule has 0 saturated carbocycles. The standard InChI is InChI=1S/C24H29NO4/c1-16-8-7-11-20(23(16)27)24(28)29-15-22(26)21-14-17(2)25(18(21)3)13-12-19-9-5-4-6-10-19/h7-9,11,14,27H,4-6,10,12-13,15H2,1-3H3. The molecule has 29 heavy (non-hydrogen) atoms. The van der Waals surface area contributed by atoms with E-state index in [-0.39, 0.29) is 23.7 Å². The molecular formula is C24H29NO4. The summed E-state index contributed by atoms with van der Waals surface area (Å²) in [7, 11) is 0. The Balaban J connectivity index is 1.64. The maximum atomic E-state index is 12.7. The van der Waals surface area contributed by atoms with Gasteiger partial charge in [0.1, 0.15) is 11.3 Å². The predicted octanol–water partition coefficient (Wildman–Crippen LogP) is 5.05. The lowest BCUT2D eigenvalue weighted by atomic mass is 9.97. The molecule has 0 radical (unpaired) electrons. The number of esters is 1. The van der Waals surface area contributed by atoms with Gasteiger partial charge in [-0.3, -0.25) is 4.79 Å². The molecule has 3 rings (SSSR count). The number of allylic oxidation sites excluding steroid dienone is 2. The van der Waals surface area contributed by atoms with Gasteiger partial charge in [-0.1, -0.05) is 23.8 Å². The first-order valence-electron chi connectivity index (χ1n) is 10.2. The number of rotatable bonds is 7. The summed E-state index contributed by atoms with van der Waals surface area (Å²) in [4.78, 5) is 24.9. The molecule has 5 heteroatoms. The fourth-order valence-electron chi connectivity index (χ4n) is 3.92. The van der Waals surface area contributed by atoms with Crippen molar-refractivity contribution in [3.8, 4) is 5.75 Å². The van der Waals surface area contributed by atoms with Gasteiger partial charge in [0.25, 0.3) is 0 Å². The fourth-order valence-corrected chi connectivity index (χ4v) is 3.92. The van der Waals surface area contributed by atoms with Gasteiger partial charge in [0.15, 0.2) is 6.61 Å². The summed E-state index contributed by atoms with van der Waals surface area (Å²) >= 11 is 0. The molecule has 0 saturated heterocycles. The third kappa shape index (κ3) is 4.78. The van der Waals surface area contributed by atoms with Gasteiger partial charge in [0.05, 0.1) is 0 Å². The number of carbonyl (C=O) groups excluding carboxylic acids is 2. The zero-order chi connectivity index (χ0) is 21.0. The van der Waals surface area contributed by atoms with E-state index in [2.05, 4.69) is 10.6 Å². The van der Waals surface area contributed by atoms with E-state index in [1.807, 2.05) is 19.9 Å². The normalized spacial score (nSPS) is 13.8. The van der Waals surface area contributed by atoms with Crippen LogP contribution in [0, 0.1) is 20.8 Å². The number of hydrogen-bond donors (Lipinski definition) is 1. The number of aromatic nitrogens is 1. The number of carbonyl (C=O) groups is 2. The number of aromatic hydroxyl groups is 1. The van der Waals surface area contributed by atoms with Gasteiger partial charge >= 0.3 is 5.97 Å². The summed E-state index contributed by atoms with van der Waals surface area (Å²) < 4.78 is 7.34. The second-order valence-electron chi connectivity index (χ2n) is 7.76. The van der Waals surface area contributed by atoms with Crippen LogP contribution in [-0.4, -0.2) is 28.0 Å². The van der Waals surface area contributed by atoms with Crippen molar-refractivity contribution in [1.82, 2.24) is 4.57 Å². The first-order chi connectivity index (χ1) is 13.9. The van der Waals surface area contributed by atoms with Crippen LogP contribution in [0.1, 0.15) is 69.8 Å². The molecule has 0 amide bonds. The smallest absolute Gasteiger partial charge is 0.342 e. The van der Waals surface area contributed by atoms with E-state index in [0.29, 0.717) is 11.1 Å². The van der Waals surface area contributed by atoms with Crippen molar-refractivity contribution in [3.63, 3.8) is 0 Å². The minimum absolute atomic E-state index is 0.0732. The molecule has 1 aromatic heterocycles. The van der Waals surface area contributed by atoms with Crippen LogP contribution in [0.25, 0.3) is 0 Å². The third-order valence-corrected chi connectivity index (χ3v) is 5.71. The number of phenols is 1. The Labute approximate surface area is 172 Å². The van der Waals surface area contributed by atoms with Crippen molar-refractivity contribution in [2.75, 3.05) is 6.61 Å². The summed E-state index contributed by atoms with van der Waals surface area (Å²) in [6, 6.07) is 6.73. The highest BCUT2D eigenvalue weighted by atomic mass is 16.5. The lowest BCUT2D eigenvalue weighted by molar-refractivity contribution is 0.0471. The van der Waals surface area contributed by atoms with Gasteiger partial charge in [-0.05, 0) is 70.6 Å². The average molecular weight is 395 g/mol. The average Bonchev–Trinajstić information content (AvgIpc) is 3.01. The van der Waals surface area contributed by atoms with Gasteiger partial charge in [0.2, 0.25) is 5.78 Å². The largest absolute Gasteiger partial charge is 0.507 e. The first kappa shape index (κ1) is 20.9. The number of ether oxygens (including phenoxy) is 1. The molecule has 0 fully saturated rings. The fraction of sp³-hybridized carbons (Fsp3) is 0.417. The number of phenolic OH excluding ortho intramolecular Hbond substituents is 1. The number of ketones is 1. The monoisotopic (exact) mass is 395 g/mol. The van der Waals surface area contributed by atoms with Crippen LogP contribution in [-0.2, 0) is 11.3 Å². The SMILES string of the molecule is Cc1cccc(C(=O)OCC(=O)c2cc(C)n(CCC3=CCCCC3)c2C)c1O. The van der Waals surface area contributed by atoms with Crippen molar-refractivity contribution >= 4 is 11.8 Å². The maximum absolute atomic E-state index is 12.7. The number of aryl methyl sites for hydroxylation is 2. The van der Waals surface area contributed by atoms with Crippen LogP contribution >= 0.6 is 0 Å². The molecule has 1 N–H and O–H groups in total. The Kier molecular flexibility index (Phi) is 6.57. The minimum atomic E-state index is -0.697. The zero-order valence-electron chi connectivity index (χ0n) is 17.5. The summed E-state index contributed by atoms with van der Waals surface area (Å²) in [6.07, 6.45) is 8.25. The van der Waals surface area contributed by atoms with Crippen molar-refractivity contribution < 1.29 is 19.4 Å². The van der Waals surface area contributed by atoms with E-state index in [1.165, 1.54) is 37.3 Å². The van der Waals surface area contributed by atoms with E-state index < -0.39 is 5.97 Å². The summed E-state index contributed by atoms with van der Waals surface area (Å²) in [5.41, 5.74) is 4.68. The van der Waals surface area contributed by atoms with Crippen LogP contribution < -0.4 is 0 Å². The van der Waals surface area contributed by atoms with Crippen LogP contribution in [0.2, 0.25) is 0 Å². The number of hydrogen-bond acceptors (Lipinski definition) is 4. The molecule has 0 bridgehead atoms. The van der Waals surface area contributed by atoms with Crippen LogP contribution in [0.3, 0.4) is 0 Å². The molecule has 0 spiro atoms. The van der Waals surface area contributed by atoms with E-state index in [1.54, 1.807) is 19.1 Å². The Bertz CT molecular complexity index is 952. The van der Waals surface area contributed by atoms with E-state index in [9.17, 15) is 14.7 Å². The highest BCUT2D eigenvalue weighted by molar-refractivity contribution is 6.01. The molecule has 1 aliphatic carbocycles. The molecule has 1 aromatic carbocycles. The second-order valence-corrected chi connectivity index (χ2v) is 7.76. The predicted molar refractivity (Wildman–Crippen MR) is 113 cm³/mol. The summed E-state index contributed by atoms with van der Waals surface area (Å²) in [5, 5.41) is 10.0. The lowest BCUT2D eigenvalue weighted by Crippen LogP contribution is -2.15. The molecule has 1 aliphatic rings. The van der Waals surface area contributed by atoms with E-state index in [4.69, 9.17) is 4.74 Å². The van der Waals surface area contributed by atoms with Crippen molar-refractivity contribution in [2.45, 2.75) is 59.4 Å². The molecule has 0 unspecified atom stereocenters. The molecule has 5 nitrogen and oxygen atoms in total. The highest BCUT2D eigenvalue weighted by Gasteiger charge is 2.20. The Hall–Kier alpha value is -2.82. The zero-order valence-corrected chi connectivity index (χ0v) is 17.5. The number of Topliss-reactive ketones (excluding diaryl/α,β-unsaturated/α-hetero) is 1. The van der Waals surface area contributed by atoms with Gasteiger partial charge < -0.3 is 14.4 Å². The van der Waals surface area contributed by atoms with Crippen LogP contribution in [0.4, 0.5) is 0 Å². The Morgan fingerprint density at radius 3 is 2.66 bits per heavy atom. The molecule has 154 valence electrons. The molecule has 0 atom stereocenters. The highest BCUT2D eigenvalue weighted by Crippen LogP contribution is 2.24. The van der Waals surface area contributed by atoms with E-state index in [0.717, 1.165) is 24.4 Å². The van der Waals surface area contributed by atoms with Gasteiger partial charge in [-0.25, -0.2) is 4.79 Å². The maximum Gasteiger partial charge on any atom is 0.342 e. The van der Waals surface area contributed by atoms with Gasteiger partial charge in [-0.2, -0.15) is 0 Å². The van der Waals surface area contributed by atoms with E-state index >= 15 is 0 Å². The summed E-state index contributed by atoms with van der Waals surface area (Å²) in [6.45, 7) is 6.14. The van der Waals surface area contributed by atoms with Crippen LogP contribution in [0.15, 0.2) is 35.9 Å². The lowest BCUT2D eigenvalue weighted by Gasteiger charge is -2.15. The van der Waals surface area contributed by atoms with Crippen molar-refractivity contribution in [2.24, 2.45) is 0 Å².